The van der Waals surface area contributed by atoms with Crippen LogP contribution < -0.4 is 27.3 Å². The number of nitrogens with zero attached hydrogens (tertiary/aromatic N) is 2. The first-order valence-electron chi connectivity index (χ1n) is 12.6. The van der Waals surface area contributed by atoms with Crippen molar-refractivity contribution < 1.29 is 35.9 Å². The summed E-state index contributed by atoms with van der Waals surface area (Å²) in [6.45, 7) is 5.14. The average Bonchev–Trinajstić information content (AvgIpc) is 3.48. The number of aryl methyl sites for hydroxylation is 1. The van der Waals surface area contributed by atoms with E-state index in [0.29, 0.717) is 13.0 Å². The SMILES string of the molecule is CCOC(=O)CCC[n+]1ccn(C2CCC(C(C(N)=O)(c3ccccc3)c3ccccc3)C2)c1C.[Br-]. The molecular formula is C29H36BrN3O3. The Bertz CT molecular complexity index is 1110. The summed E-state index contributed by atoms with van der Waals surface area (Å²) < 4.78 is 9.56. The van der Waals surface area contributed by atoms with E-state index in [2.05, 4.69) is 28.5 Å². The summed E-state index contributed by atoms with van der Waals surface area (Å²) in [6, 6.07) is 20.3. The first-order valence-corrected chi connectivity index (χ1v) is 12.6. The molecule has 2 aromatic carbocycles. The van der Waals surface area contributed by atoms with Gasteiger partial charge in [0.05, 0.1) is 13.2 Å². The van der Waals surface area contributed by atoms with E-state index < -0.39 is 5.41 Å². The molecule has 1 heterocycles. The zero-order valence-corrected chi connectivity index (χ0v) is 22.7. The largest absolute Gasteiger partial charge is 1.00 e. The number of primary amides is 1. The van der Waals surface area contributed by atoms with E-state index in [-0.39, 0.29) is 40.8 Å². The first kappa shape index (κ1) is 27.7. The summed E-state index contributed by atoms with van der Waals surface area (Å²) in [7, 11) is 0. The van der Waals surface area contributed by atoms with Gasteiger partial charge in [0.15, 0.2) is 0 Å². The van der Waals surface area contributed by atoms with E-state index in [1.54, 1.807) is 0 Å². The molecule has 7 heteroatoms. The maximum Gasteiger partial charge on any atom is 0.305 e. The van der Waals surface area contributed by atoms with E-state index in [4.69, 9.17) is 10.5 Å². The van der Waals surface area contributed by atoms with Crippen LogP contribution in [0, 0.1) is 12.8 Å². The molecule has 0 spiro atoms. The Balaban J connectivity index is 0.00000361. The molecule has 0 radical (unpaired) electrons. The number of hydrogen-bond donors (Lipinski definition) is 1. The van der Waals surface area contributed by atoms with E-state index in [1.807, 2.05) is 67.6 Å². The van der Waals surface area contributed by atoms with Crippen LogP contribution in [0.1, 0.15) is 62.0 Å². The second-order valence-electron chi connectivity index (χ2n) is 9.42. The van der Waals surface area contributed by atoms with Crippen molar-refractivity contribution in [3.05, 3.63) is 90.0 Å². The number of aromatic nitrogens is 2. The summed E-state index contributed by atoms with van der Waals surface area (Å²) >= 11 is 0. The molecule has 1 aliphatic rings. The van der Waals surface area contributed by atoms with E-state index in [9.17, 15) is 9.59 Å². The Morgan fingerprint density at radius 2 is 1.67 bits per heavy atom. The summed E-state index contributed by atoms with van der Waals surface area (Å²) in [5.74, 6) is 0.810. The molecule has 2 unspecified atom stereocenters. The van der Waals surface area contributed by atoms with Crippen molar-refractivity contribution >= 4 is 11.9 Å². The van der Waals surface area contributed by atoms with Crippen LogP contribution in [0.4, 0.5) is 0 Å². The maximum atomic E-state index is 13.3. The number of ether oxygens (including phenoxy) is 1. The summed E-state index contributed by atoms with van der Waals surface area (Å²) in [6.07, 6.45) is 8.15. The topological polar surface area (TPSA) is 78.2 Å². The van der Waals surface area contributed by atoms with Gasteiger partial charge in [0.2, 0.25) is 5.91 Å². The standard InChI is InChI=1S/C29H35N3O3.BrH/c1-3-35-27(33)15-10-18-31-19-20-32(22(31)2)26-17-16-25(21-26)29(28(30)34,23-11-6-4-7-12-23)24-13-8-5-9-14-24;/h4-9,11-14,19-20,25-26H,3,10,15-18,21H2,1-2H3,(H-,30,34);1H. The Kier molecular flexibility index (Phi) is 9.49. The number of carbonyl (C=O) groups is 2. The van der Waals surface area contributed by atoms with Crippen LogP contribution in [0.25, 0.3) is 0 Å². The fourth-order valence-electron chi connectivity index (χ4n) is 5.90. The molecule has 4 rings (SSSR count). The monoisotopic (exact) mass is 553 g/mol. The highest BCUT2D eigenvalue weighted by Gasteiger charge is 2.51. The number of benzene rings is 2. The van der Waals surface area contributed by atoms with Crippen molar-refractivity contribution in [2.45, 2.75) is 64.0 Å². The average molecular weight is 555 g/mol. The molecule has 3 aromatic rings. The zero-order valence-electron chi connectivity index (χ0n) is 21.1. The molecule has 2 N–H and O–H groups in total. The predicted octanol–water partition coefficient (Wildman–Crippen LogP) is 1.24. The molecule has 1 aromatic heterocycles. The van der Waals surface area contributed by atoms with Crippen LogP contribution >= 0.6 is 0 Å². The molecule has 1 saturated carbocycles. The Morgan fingerprint density at radius 3 is 2.22 bits per heavy atom. The van der Waals surface area contributed by atoms with Gasteiger partial charge in [-0.3, -0.25) is 9.59 Å². The quantitative estimate of drug-likeness (QED) is 0.303. The fourth-order valence-corrected chi connectivity index (χ4v) is 5.90. The van der Waals surface area contributed by atoms with Crippen LogP contribution in [0.15, 0.2) is 73.1 Å². The molecule has 1 aliphatic carbocycles. The Morgan fingerprint density at radius 1 is 1.06 bits per heavy atom. The van der Waals surface area contributed by atoms with Gasteiger partial charge in [-0.15, -0.1) is 0 Å². The molecule has 1 fully saturated rings. The van der Waals surface area contributed by atoms with Gasteiger partial charge in [-0.1, -0.05) is 60.7 Å². The number of halogens is 1. The van der Waals surface area contributed by atoms with E-state index in [1.165, 1.54) is 0 Å². The molecule has 36 heavy (non-hydrogen) atoms. The Labute approximate surface area is 224 Å². The Hall–Kier alpha value is -2.93. The molecule has 2 atom stereocenters. The fraction of sp³-hybridized carbons (Fsp3) is 0.414. The van der Waals surface area contributed by atoms with Crippen molar-refractivity contribution in [1.29, 1.82) is 0 Å². The second-order valence-corrected chi connectivity index (χ2v) is 9.42. The van der Waals surface area contributed by atoms with Crippen molar-refractivity contribution in [3.8, 4) is 0 Å². The molecule has 1 amide bonds. The highest BCUT2D eigenvalue weighted by molar-refractivity contribution is 5.91. The van der Waals surface area contributed by atoms with E-state index >= 15 is 0 Å². The van der Waals surface area contributed by atoms with Crippen molar-refractivity contribution in [3.63, 3.8) is 0 Å². The normalized spacial score (nSPS) is 17.4. The molecule has 192 valence electrons. The molecule has 6 nitrogen and oxygen atoms in total. The lowest BCUT2D eigenvalue weighted by Crippen LogP contribution is -3.00. The van der Waals surface area contributed by atoms with Crippen LogP contribution in [0.2, 0.25) is 0 Å². The number of nitrogens with two attached hydrogens (primary N) is 1. The predicted molar refractivity (Wildman–Crippen MR) is 134 cm³/mol. The number of amides is 1. The van der Waals surface area contributed by atoms with Gasteiger partial charge in [-0.05, 0) is 49.7 Å². The molecule has 0 saturated heterocycles. The van der Waals surface area contributed by atoms with Crippen LogP contribution in [-0.4, -0.2) is 23.1 Å². The van der Waals surface area contributed by atoms with Gasteiger partial charge in [-0.2, -0.15) is 0 Å². The number of carbonyl (C=O) groups excluding carboxylic acids is 2. The summed E-state index contributed by atoms with van der Waals surface area (Å²) in [5, 5.41) is 0. The third kappa shape index (κ3) is 5.41. The zero-order chi connectivity index (χ0) is 24.8. The third-order valence-electron chi connectivity index (χ3n) is 7.54. The highest BCUT2D eigenvalue weighted by atomic mass is 79.9. The van der Waals surface area contributed by atoms with Crippen LogP contribution in [-0.2, 0) is 26.3 Å². The first-order chi connectivity index (χ1) is 17.0. The van der Waals surface area contributed by atoms with Gasteiger partial charge in [0.25, 0.3) is 5.82 Å². The van der Waals surface area contributed by atoms with Gasteiger partial charge in [0.1, 0.15) is 23.9 Å². The minimum Gasteiger partial charge on any atom is -1.00 e. The van der Waals surface area contributed by atoms with Crippen molar-refractivity contribution in [1.82, 2.24) is 4.57 Å². The van der Waals surface area contributed by atoms with Gasteiger partial charge >= 0.3 is 5.97 Å². The number of rotatable bonds is 10. The van der Waals surface area contributed by atoms with Crippen LogP contribution in [0.5, 0.6) is 0 Å². The lowest BCUT2D eigenvalue weighted by Gasteiger charge is -2.37. The highest BCUT2D eigenvalue weighted by Crippen LogP contribution is 2.49. The third-order valence-corrected chi connectivity index (χ3v) is 7.54. The van der Waals surface area contributed by atoms with Crippen molar-refractivity contribution in [2.75, 3.05) is 6.61 Å². The minimum atomic E-state index is -0.867. The number of hydrogen-bond acceptors (Lipinski definition) is 3. The van der Waals surface area contributed by atoms with Gasteiger partial charge in [0, 0.05) is 13.3 Å². The molecule has 0 aliphatic heterocycles. The molecular weight excluding hydrogens is 518 g/mol. The number of imidazole rings is 1. The van der Waals surface area contributed by atoms with E-state index in [0.717, 1.165) is 49.2 Å². The number of esters is 1. The molecule has 0 bridgehead atoms. The van der Waals surface area contributed by atoms with Gasteiger partial charge in [-0.25, -0.2) is 9.13 Å². The summed E-state index contributed by atoms with van der Waals surface area (Å²) in [5.41, 5.74) is 7.30. The van der Waals surface area contributed by atoms with Gasteiger partial charge < -0.3 is 27.5 Å². The smallest absolute Gasteiger partial charge is 0.305 e. The van der Waals surface area contributed by atoms with Crippen LogP contribution in [0.3, 0.4) is 0 Å². The minimum absolute atomic E-state index is 0. The summed E-state index contributed by atoms with van der Waals surface area (Å²) in [4.78, 5) is 25.0. The maximum absolute atomic E-state index is 13.3. The lowest BCUT2D eigenvalue weighted by atomic mass is 9.64. The van der Waals surface area contributed by atoms with Crippen molar-refractivity contribution in [2.24, 2.45) is 11.7 Å². The second kappa shape index (κ2) is 12.3. The lowest BCUT2D eigenvalue weighted by molar-refractivity contribution is -0.702.